The maximum atomic E-state index is 3.97. The van der Waals surface area contributed by atoms with Crippen LogP contribution < -0.4 is 0 Å². The molecule has 0 amide bonds. The molecule has 0 saturated heterocycles. The molecule has 0 aromatic carbocycles. The Morgan fingerprint density at radius 2 is 2.14 bits per heavy atom. The van der Waals surface area contributed by atoms with Crippen molar-refractivity contribution >= 4 is 11.8 Å². The number of H-pyrrole nitrogens is 1. The van der Waals surface area contributed by atoms with Crippen molar-refractivity contribution in [2.24, 2.45) is 5.92 Å². The molecule has 1 heterocycles. The lowest BCUT2D eigenvalue weighted by Gasteiger charge is -2.26. The summed E-state index contributed by atoms with van der Waals surface area (Å²) < 4.78 is 0. The van der Waals surface area contributed by atoms with Crippen LogP contribution in [0, 0.1) is 5.92 Å². The lowest BCUT2D eigenvalue weighted by molar-refractivity contribution is 0.356. The molecular weight excluding hydrogens is 196 g/mol. The molecule has 1 aromatic heterocycles. The van der Waals surface area contributed by atoms with Crippen molar-refractivity contribution in [3.8, 4) is 0 Å². The summed E-state index contributed by atoms with van der Waals surface area (Å²) in [4.78, 5) is 0. The van der Waals surface area contributed by atoms with Crippen LogP contribution in [0.15, 0.2) is 5.16 Å². The Labute approximate surface area is 88.2 Å². The average molecular weight is 212 g/mol. The van der Waals surface area contributed by atoms with Crippen molar-refractivity contribution in [1.29, 1.82) is 0 Å². The van der Waals surface area contributed by atoms with E-state index in [1.807, 2.05) is 0 Å². The highest BCUT2D eigenvalue weighted by atomic mass is 32.2. The largest absolute Gasteiger partial charge is 0.231 e. The minimum atomic E-state index is 0.618. The van der Waals surface area contributed by atoms with Crippen LogP contribution in [0.25, 0.3) is 0 Å². The summed E-state index contributed by atoms with van der Waals surface area (Å²) in [5, 5.41) is 15.4. The molecule has 78 valence electrons. The van der Waals surface area contributed by atoms with Gasteiger partial charge in [0.1, 0.15) is 0 Å². The standard InChI is InChI=1S/C9H16N4S/c1-7(8-5-3-2-4-6-8)14-9-10-12-13-11-9/h7-8H,2-6H2,1H3,(H,10,11,12,13). The second-order valence-corrected chi connectivity index (χ2v) is 5.26. The maximum absolute atomic E-state index is 3.97. The lowest BCUT2D eigenvalue weighted by atomic mass is 9.87. The van der Waals surface area contributed by atoms with Crippen molar-refractivity contribution in [3.63, 3.8) is 0 Å². The van der Waals surface area contributed by atoms with Gasteiger partial charge in [-0.15, -0.1) is 10.2 Å². The SMILES string of the molecule is CC(Sc1nn[nH]n1)C1CCCCC1. The van der Waals surface area contributed by atoms with Gasteiger partial charge < -0.3 is 0 Å². The van der Waals surface area contributed by atoms with Crippen molar-refractivity contribution < 1.29 is 0 Å². The third kappa shape index (κ3) is 2.47. The Hall–Kier alpha value is -0.580. The molecule has 0 aliphatic heterocycles. The average Bonchev–Trinajstić information content (AvgIpc) is 2.72. The smallest absolute Gasteiger partial charge is 0.176 e. The van der Waals surface area contributed by atoms with Gasteiger partial charge in [-0.3, -0.25) is 0 Å². The first-order chi connectivity index (χ1) is 6.86. The summed E-state index contributed by atoms with van der Waals surface area (Å²) in [7, 11) is 0. The molecule has 4 nitrogen and oxygen atoms in total. The zero-order chi connectivity index (χ0) is 9.80. The van der Waals surface area contributed by atoms with Crippen molar-refractivity contribution in [2.45, 2.75) is 49.4 Å². The number of rotatable bonds is 3. The van der Waals surface area contributed by atoms with Gasteiger partial charge in [-0.2, -0.15) is 5.21 Å². The van der Waals surface area contributed by atoms with E-state index < -0.39 is 0 Å². The fraction of sp³-hybridized carbons (Fsp3) is 0.889. The van der Waals surface area contributed by atoms with Crippen LogP contribution in [0.3, 0.4) is 0 Å². The normalized spacial score (nSPS) is 20.9. The van der Waals surface area contributed by atoms with E-state index in [4.69, 9.17) is 0 Å². The Morgan fingerprint density at radius 3 is 2.79 bits per heavy atom. The van der Waals surface area contributed by atoms with Crippen LogP contribution in [-0.4, -0.2) is 25.9 Å². The quantitative estimate of drug-likeness (QED) is 0.781. The van der Waals surface area contributed by atoms with Crippen LogP contribution >= 0.6 is 11.8 Å². The van der Waals surface area contributed by atoms with Crippen LogP contribution in [-0.2, 0) is 0 Å². The molecule has 1 saturated carbocycles. The third-order valence-electron chi connectivity index (χ3n) is 2.93. The molecule has 0 spiro atoms. The fourth-order valence-electron chi connectivity index (χ4n) is 2.07. The summed E-state index contributed by atoms with van der Waals surface area (Å²) >= 11 is 1.74. The van der Waals surface area contributed by atoms with Crippen molar-refractivity contribution in [3.05, 3.63) is 0 Å². The fourth-order valence-corrected chi connectivity index (χ4v) is 3.05. The minimum absolute atomic E-state index is 0.618. The van der Waals surface area contributed by atoms with Gasteiger partial charge in [-0.1, -0.05) is 37.9 Å². The Kier molecular flexibility index (Phi) is 3.39. The van der Waals surface area contributed by atoms with Crippen LogP contribution in [0.2, 0.25) is 0 Å². The molecule has 1 unspecified atom stereocenters. The molecule has 0 radical (unpaired) electrons. The van der Waals surface area contributed by atoms with Crippen molar-refractivity contribution in [2.75, 3.05) is 0 Å². The Balaban J connectivity index is 1.85. The van der Waals surface area contributed by atoms with E-state index in [0.717, 1.165) is 11.1 Å². The van der Waals surface area contributed by atoms with Gasteiger partial charge in [-0.05, 0) is 24.0 Å². The van der Waals surface area contributed by atoms with Gasteiger partial charge in [0, 0.05) is 5.25 Å². The highest BCUT2D eigenvalue weighted by Crippen LogP contribution is 2.34. The molecule has 1 fully saturated rings. The maximum Gasteiger partial charge on any atom is 0.231 e. The van der Waals surface area contributed by atoms with E-state index in [2.05, 4.69) is 27.5 Å². The number of nitrogens with zero attached hydrogens (tertiary/aromatic N) is 3. The molecule has 1 atom stereocenters. The van der Waals surface area contributed by atoms with Gasteiger partial charge in [0.05, 0.1) is 0 Å². The second kappa shape index (κ2) is 4.77. The number of hydrogen-bond donors (Lipinski definition) is 1. The molecule has 14 heavy (non-hydrogen) atoms. The van der Waals surface area contributed by atoms with Crippen LogP contribution in [0.4, 0.5) is 0 Å². The van der Waals surface area contributed by atoms with Gasteiger partial charge >= 0.3 is 0 Å². The number of aromatic amines is 1. The van der Waals surface area contributed by atoms with Gasteiger partial charge in [0.2, 0.25) is 5.16 Å². The number of aromatic nitrogens is 4. The molecular formula is C9H16N4S. The summed E-state index contributed by atoms with van der Waals surface area (Å²) in [6, 6.07) is 0. The Bertz CT molecular complexity index is 256. The Morgan fingerprint density at radius 1 is 1.36 bits per heavy atom. The zero-order valence-corrected chi connectivity index (χ0v) is 9.26. The van der Waals surface area contributed by atoms with E-state index in [9.17, 15) is 0 Å². The van der Waals surface area contributed by atoms with Gasteiger partial charge in [0.25, 0.3) is 0 Å². The summed E-state index contributed by atoms with van der Waals surface area (Å²) in [5.74, 6) is 0.840. The summed E-state index contributed by atoms with van der Waals surface area (Å²) in [5.41, 5.74) is 0. The monoisotopic (exact) mass is 212 g/mol. The molecule has 0 bridgehead atoms. The van der Waals surface area contributed by atoms with Crippen LogP contribution in [0.1, 0.15) is 39.0 Å². The van der Waals surface area contributed by atoms with Gasteiger partial charge in [-0.25, -0.2) is 0 Å². The van der Waals surface area contributed by atoms with E-state index in [0.29, 0.717) is 5.25 Å². The number of tetrazole rings is 1. The topological polar surface area (TPSA) is 54.5 Å². The lowest BCUT2D eigenvalue weighted by Crippen LogP contribution is -2.17. The molecule has 1 N–H and O–H groups in total. The van der Waals surface area contributed by atoms with E-state index in [-0.39, 0.29) is 0 Å². The van der Waals surface area contributed by atoms with E-state index in [1.165, 1.54) is 32.1 Å². The first-order valence-corrected chi connectivity index (χ1v) is 6.14. The molecule has 5 heteroatoms. The minimum Gasteiger partial charge on any atom is -0.176 e. The van der Waals surface area contributed by atoms with Crippen LogP contribution in [0.5, 0.6) is 0 Å². The highest BCUT2D eigenvalue weighted by molar-refractivity contribution is 7.99. The van der Waals surface area contributed by atoms with Crippen molar-refractivity contribution in [1.82, 2.24) is 20.6 Å². The molecule has 2 rings (SSSR count). The zero-order valence-electron chi connectivity index (χ0n) is 8.44. The predicted molar refractivity (Wildman–Crippen MR) is 56.1 cm³/mol. The molecule has 1 aliphatic carbocycles. The highest BCUT2D eigenvalue weighted by Gasteiger charge is 2.21. The first-order valence-electron chi connectivity index (χ1n) is 5.26. The number of nitrogens with one attached hydrogen (secondary N) is 1. The predicted octanol–water partition coefficient (Wildman–Crippen LogP) is 2.26. The third-order valence-corrected chi connectivity index (χ3v) is 4.07. The molecule has 1 aromatic rings. The van der Waals surface area contributed by atoms with Gasteiger partial charge in [0.15, 0.2) is 0 Å². The van der Waals surface area contributed by atoms with E-state index in [1.54, 1.807) is 11.8 Å². The number of hydrogen-bond acceptors (Lipinski definition) is 4. The summed E-state index contributed by atoms with van der Waals surface area (Å²) in [6.45, 7) is 2.27. The first kappa shape index (κ1) is 9.96. The molecule has 1 aliphatic rings. The second-order valence-electron chi connectivity index (χ2n) is 3.92. The number of thioether (sulfide) groups is 1. The van der Waals surface area contributed by atoms with E-state index >= 15 is 0 Å². The summed E-state index contributed by atoms with van der Waals surface area (Å²) in [6.07, 6.45) is 6.93.